The molecule has 1 aliphatic rings. The Labute approximate surface area is 104 Å². The molecule has 1 fully saturated rings. The van der Waals surface area contributed by atoms with E-state index in [2.05, 4.69) is 15.9 Å². The van der Waals surface area contributed by atoms with Crippen LogP contribution in [0.15, 0.2) is 18.2 Å². The largest absolute Gasteiger partial charge is 0.493 e. The molecule has 1 aromatic rings. The summed E-state index contributed by atoms with van der Waals surface area (Å²) < 4.78 is 5.77. The first-order valence-corrected chi connectivity index (χ1v) is 6.60. The van der Waals surface area contributed by atoms with Crippen LogP contribution in [0.1, 0.15) is 18.4 Å². The van der Waals surface area contributed by atoms with E-state index in [0.717, 1.165) is 28.3 Å². The monoisotopic (exact) mass is 288 g/mol. The van der Waals surface area contributed by atoms with Gasteiger partial charge in [0, 0.05) is 15.8 Å². The van der Waals surface area contributed by atoms with E-state index < -0.39 is 0 Å². The highest BCUT2D eigenvalue weighted by Gasteiger charge is 2.42. The molecule has 1 nitrogen and oxygen atoms in total. The average molecular weight is 290 g/mol. The van der Waals surface area contributed by atoms with Gasteiger partial charge in [-0.2, -0.15) is 0 Å². The fraction of sp³-hybridized carbons (Fsp3) is 0.500. The van der Waals surface area contributed by atoms with Crippen LogP contribution in [0.2, 0.25) is 5.02 Å². The zero-order valence-corrected chi connectivity index (χ0v) is 11.1. The van der Waals surface area contributed by atoms with E-state index in [9.17, 15) is 0 Å². The lowest BCUT2D eigenvalue weighted by molar-refractivity contribution is 0.251. The molecule has 0 N–H and O–H groups in total. The number of benzene rings is 1. The number of rotatable bonds is 4. The van der Waals surface area contributed by atoms with Crippen molar-refractivity contribution in [2.45, 2.75) is 19.8 Å². The van der Waals surface area contributed by atoms with Gasteiger partial charge in [-0.05, 0) is 43.5 Å². The van der Waals surface area contributed by atoms with Crippen LogP contribution in [-0.4, -0.2) is 11.9 Å². The second kappa shape index (κ2) is 4.34. The zero-order valence-electron chi connectivity index (χ0n) is 8.72. The molecule has 3 heteroatoms. The van der Waals surface area contributed by atoms with E-state index in [1.165, 1.54) is 12.8 Å². The molecule has 1 saturated carbocycles. The van der Waals surface area contributed by atoms with Gasteiger partial charge in [-0.1, -0.05) is 27.5 Å². The molecule has 0 radical (unpaired) electrons. The van der Waals surface area contributed by atoms with Crippen molar-refractivity contribution in [2.75, 3.05) is 11.9 Å². The van der Waals surface area contributed by atoms with E-state index >= 15 is 0 Å². The van der Waals surface area contributed by atoms with Crippen LogP contribution in [0.4, 0.5) is 0 Å². The third-order valence-corrected chi connectivity index (χ3v) is 4.53. The molecule has 0 saturated heterocycles. The van der Waals surface area contributed by atoms with Gasteiger partial charge in [0.15, 0.2) is 0 Å². The van der Waals surface area contributed by atoms with Crippen molar-refractivity contribution in [3.8, 4) is 5.75 Å². The topological polar surface area (TPSA) is 9.23 Å². The van der Waals surface area contributed by atoms with Crippen molar-refractivity contribution < 1.29 is 4.74 Å². The highest BCUT2D eigenvalue weighted by Crippen LogP contribution is 2.47. The molecule has 0 amide bonds. The summed E-state index contributed by atoms with van der Waals surface area (Å²) in [5.41, 5.74) is 1.46. The Hall–Kier alpha value is -0.210. The van der Waals surface area contributed by atoms with Gasteiger partial charge in [0.2, 0.25) is 0 Å². The third kappa shape index (κ3) is 2.67. The molecule has 15 heavy (non-hydrogen) atoms. The van der Waals surface area contributed by atoms with Gasteiger partial charge < -0.3 is 4.74 Å². The predicted molar refractivity (Wildman–Crippen MR) is 67.1 cm³/mol. The normalized spacial score (nSPS) is 17.5. The van der Waals surface area contributed by atoms with Crippen molar-refractivity contribution in [2.24, 2.45) is 5.41 Å². The Kier molecular flexibility index (Phi) is 3.27. The second-order valence-corrected chi connectivity index (χ2v) is 5.30. The summed E-state index contributed by atoms with van der Waals surface area (Å²) in [6, 6.07) is 5.81. The Bertz CT molecular complexity index is 361. The van der Waals surface area contributed by atoms with Gasteiger partial charge in [-0.3, -0.25) is 0 Å². The number of alkyl halides is 1. The Morgan fingerprint density at radius 2 is 2.20 bits per heavy atom. The van der Waals surface area contributed by atoms with Crippen LogP contribution in [-0.2, 0) is 0 Å². The van der Waals surface area contributed by atoms with Gasteiger partial charge >= 0.3 is 0 Å². The summed E-state index contributed by atoms with van der Waals surface area (Å²) in [7, 11) is 0. The Balaban J connectivity index is 1.96. The number of ether oxygens (including phenoxy) is 1. The van der Waals surface area contributed by atoms with Crippen LogP contribution in [0.3, 0.4) is 0 Å². The molecule has 2 rings (SSSR count). The van der Waals surface area contributed by atoms with Crippen molar-refractivity contribution in [3.63, 3.8) is 0 Å². The Morgan fingerprint density at radius 1 is 1.47 bits per heavy atom. The molecule has 0 atom stereocenters. The van der Waals surface area contributed by atoms with Gasteiger partial charge in [0.25, 0.3) is 0 Å². The molecule has 0 aromatic heterocycles. The van der Waals surface area contributed by atoms with E-state index in [1.54, 1.807) is 0 Å². The fourth-order valence-corrected chi connectivity index (χ4v) is 2.28. The summed E-state index contributed by atoms with van der Waals surface area (Å²) >= 11 is 9.48. The highest BCUT2D eigenvalue weighted by molar-refractivity contribution is 9.09. The molecule has 82 valence electrons. The van der Waals surface area contributed by atoms with E-state index in [4.69, 9.17) is 16.3 Å². The van der Waals surface area contributed by atoms with Crippen LogP contribution in [0.5, 0.6) is 5.75 Å². The first-order valence-electron chi connectivity index (χ1n) is 5.10. The molecule has 1 aromatic carbocycles. The van der Waals surface area contributed by atoms with Gasteiger partial charge in [-0.25, -0.2) is 0 Å². The van der Waals surface area contributed by atoms with Gasteiger partial charge in [-0.15, -0.1) is 0 Å². The zero-order chi connectivity index (χ0) is 10.9. The lowest BCUT2D eigenvalue weighted by atomic mass is 10.2. The quantitative estimate of drug-likeness (QED) is 0.755. The summed E-state index contributed by atoms with van der Waals surface area (Å²) in [6.45, 7) is 2.80. The van der Waals surface area contributed by atoms with E-state index in [-0.39, 0.29) is 0 Å². The van der Waals surface area contributed by atoms with Crippen LogP contribution < -0.4 is 4.74 Å². The molecular weight excluding hydrogens is 275 g/mol. The Morgan fingerprint density at radius 3 is 2.73 bits per heavy atom. The number of hydrogen-bond donors (Lipinski definition) is 0. The SMILES string of the molecule is Cc1cc(OCC2(CBr)CC2)ccc1Cl. The predicted octanol–water partition coefficient (Wildman–Crippen LogP) is 4.20. The lowest BCUT2D eigenvalue weighted by Gasteiger charge is -2.13. The van der Waals surface area contributed by atoms with Crippen LogP contribution in [0, 0.1) is 12.3 Å². The average Bonchev–Trinajstić information content (AvgIpc) is 3.01. The van der Waals surface area contributed by atoms with E-state index in [0.29, 0.717) is 5.41 Å². The molecule has 0 unspecified atom stereocenters. The maximum absolute atomic E-state index is 5.95. The van der Waals surface area contributed by atoms with Crippen LogP contribution in [0.25, 0.3) is 0 Å². The highest BCUT2D eigenvalue weighted by atomic mass is 79.9. The minimum Gasteiger partial charge on any atom is -0.493 e. The molecule has 0 bridgehead atoms. The molecule has 0 heterocycles. The number of hydrogen-bond acceptors (Lipinski definition) is 1. The van der Waals surface area contributed by atoms with Crippen molar-refractivity contribution in [1.29, 1.82) is 0 Å². The smallest absolute Gasteiger partial charge is 0.119 e. The second-order valence-electron chi connectivity index (χ2n) is 4.33. The van der Waals surface area contributed by atoms with Gasteiger partial charge in [0.1, 0.15) is 5.75 Å². The minimum absolute atomic E-state index is 0.396. The summed E-state index contributed by atoms with van der Waals surface area (Å²) in [5.74, 6) is 0.920. The molecule has 0 spiro atoms. The van der Waals surface area contributed by atoms with Crippen molar-refractivity contribution in [3.05, 3.63) is 28.8 Å². The number of halogens is 2. The van der Waals surface area contributed by atoms with Crippen molar-refractivity contribution in [1.82, 2.24) is 0 Å². The maximum Gasteiger partial charge on any atom is 0.119 e. The third-order valence-electron chi connectivity index (χ3n) is 2.92. The maximum atomic E-state index is 5.95. The standard InChI is InChI=1S/C12H14BrClO/c1-9-6-10(2-3-11(9)14)15-8-12(7-13)4-5-12/h2-3,6H,4-5,7-8H2,1H3. The number of aryl methyl sites for hydroxylation is 1. The molecular formula is C12H14BrClO. The summed E-state index contributed by atoms with van der Waals surface area (Å²) in [4.78, 5) is 0. The molecule has 0 aliphatic heterocycles. The lowest BCUT2D eigenvalue weighted by Crippen LogP contribution is -2.14. The first kappa shape index (κ1) is 11.3. The van der Waals surface area contributed by atoms with Gasteiger partial charge in [0.05, 0.1) is 6.61 Å². The fourth-order valence-electron chi connectivity index (χ4n) is 1.44. The van der Waals surface area contributed by atoms with E-state index in [1.807, 2.05) is 25.1 Å². The van der Waals surface area contributed by atoms with Crippen molar-refractivity contribution >= 4 is 27.5 Å². The summed E-state index contributed by atoms with van der Waals surface area (Å²) in [6.07, 6.45) is 2.54. The minimum atomic E-state index is 0.396. The van der Waals surface area contributed by atoms with Crippen LogP contribution >= 0.6 is 27.5 Å². The molecule has 1 aliphatic carbocycles. The summed E-state index contributed by atoms with van der Waals surface area (Å²) in [5, 5.41) is 1.83. The first-order chi connectivity index (χ1) is 7.15.